The van der Waals surface area contributed by atoms with Crippen LogP contribution in [-0.2, 0) is 12.8 Å². The fraction of sp³-hybridized carbons (Fsp3) is 0.238. The summed E-state index contributed by atoms with van der Waals surface area (Å²) >= 11 is 1.56. The Morgan fingerprint density at radius 1 is 1.26 bits per heavy atom. The second-order valence-electron chi connectivity index (χ2n) is 6.19. The third-order valence-electron chi connectivity index (χ3n) is 4.27. The zero-order valence-electron chi connectivity index (χ0n) is 15.8. The van der Waals surface area contributed by atoms with Gasteiger partial charge in [-0.1, -0.05) is 43.5 Å². The molecular weight excluding hydrogens is 359 g/mol. The fourth-order valence-corrected chi connectivity index (χ4v) is 3.57. The van der Waals surface area contributed by atoms with Crippen LogP contribution in [0, 0.1) is 5.82 Å². The molecule has 27 heavy (non-hydrogen) atoms. The predicted molar refractivity (Wildman–Crippen MR) is 113 cm³/mol. The van der Waals surface area contributed by atoms with E-state index in [1.807, 2.05) is 37.7 Å². The lowest BCUT2D eigenvalue weighted by molar-refractivity contribution is 0.627. The summed E-state index contributed by atoms with van der Waals surface area (Å²) < 4.78 is 15.2. The first-order valence-corrected chi connectivity index (χ1v) is 10.0. The van der Waals surface area contributed by atoms with E-state index in [9.17, 15) is 4.39 Å². The van der Waals surface area contributed by atoms with Gasteiger partial charge in [-0.15, -0.1) is 0 Å². The maximum absolute atomic E-state index is 13.1. The van der Waals surface area contributed by atoms with Gasteiger partial charge >= 0.3 is 0 Å². The molecule has 0 aliphatic heterocycles. The number of hydrogen-bond acceptors (Lipinski definition) is 3. The van der Waals surface area contributed by atoms with Crippen molar-refractivity contribution in [3.8, 4) is 0 Å². The van der Waals surface area contributed by atoms with Crippen LogP contribution >= 0.6 is 11.8 Å². The third kappa shape index (κ3) is 4.22. The molecule has 0 aliphatic carbocycles. The van der Waals surface area contributed by atoms with Gasteiger partial charge in [0, 0.05) is 25.4 Å². The molecule has 0 fully saturated rings. The molecule has 0 amide bonds. The Morgan fingerprint density at radius 2 is 2.00 bits per heavy atom. The normalized spacial score (nSPS) is 11.8. The summed E-state index contributed by atoms with van der Waals surface area (Å²) in [7, 11) is 2.00. The number of imidazole rings is 1. The van der Waals surface area contributed by atoms with Crippen LogP contribution in [0.3, 0.4) is 0 Å². The number of halogens is 1. The summed E-state index contributed by atoms with van der Waals surface area (Å²) in [4.78, 5) is 11.5. The fourth-order valence-electron chi connectivity index (χ4n) is 2.98. The molecule has 0 saturated carbocycles. The number of pyridine rings is 1. The number of aromatic nitrogens is 2. The lowest BCUT2D eigenvalue weighted by Gasteiger charge is -2.21. The zero-order valence-corrected chi connectivity index (χ0v) is 16.6. The Hall–Kier alpha value is -2.60. The first-order valence-electron chi connectivity index (χ1n) is 8.78. The van der Waals surface area contributed by atoms with Crippen LogP contribution in [0.5, 0.6) is 0 Å². The van der Waals surface area contributed by atoms with Crippen molar-refractivity contribution in [1.29, 1.82) is 0 Å². The molecule has 0 bridgehead atoms. The van der Waals surface area contributed by atoms with E-state index in [0.29, 0.717) is 6.42 Å². The Bertz CT molecular complexity index is 976. The number of nitrogens with zero attached hydrogens (tertiary/aromatic N) is 4. The number of aryl methyl sites for hydroxylation is 1. The quantitative estimate of drug-likeness (QED) is 0.462. The highest BCUT2D eigenvalue weighted by Crippen LogP contribution is 2.25. The number of benzene rings is 1. The van der Waals surface area contributed by atoms with Crippen LogP contribution in [0.15, 0.2) is 65.9 Å². The Morgan fingerprint density at radius 3 is 2.67 bits per heavy atom. The van der Waals surface area contributed by atoms with Crippen LogP contribution in [0.2, 0.25) is 0 Å². The van der Waals surface area contributed by atoms with E-state index < -0.39 is 0 Å². The molecule has 1 aromatic carbocycles. The maximum atomic E-state index is 13.1. The van der Waals surface area contributed by atoms with Gasteiger partial charge in [-0.05, 0) is 42.5 Å². The van der Waals surface area contributed by atoms with Crippen molar-refractivity contribution in [2.45, 2.75) is 19.8 Å². The molecule has 0 atom stereocenters. The number of thioether (sulfide) groups is 1. The number of fused-ring (bicyclic) bond motifs is 1. The number of allylic oxidation sites excluding steroid dienone is 1. The first-order chi connectivity index (χ1) is 13.0. The molecule has 0 unspecified atom stereocenters. The van der Waals surface area contributed by atoms with Crippen LogP contribution in [0.4, 0.5) is 10.2 Å². The Labute approximate surface area is 163 Å². The minimum Gasteiger partial charge on any atom is -0.308 e. The molecular formula is C21H23FN4S. The van der Waals surface area contributed by atoms with Crippen molar-refractivity contribution in [3.63, 3.8) is 0 Å². The van der Waals surface area contributed by atoms with Crippen LogP contribution in [0.25, 0.3) is 5.65 Å². The van der Waals surface area contributed by atoms with Gasteiger partial charge in [-0.2, -0.15) is 0 Å². The van der Waals surface area contributed by atoms with E-state index in [0.717, 1.165) is 40.0 Å². The SMILES string of the molecule is C=C(Cc1ccc(F)cc1)N=C(SC)N(C)c1c(CC)nc2ccccn12. The number of rotatable bonds is 5. The summed E-state index contributed by atoms with van der Waals surface area (Å²) in [5.74, 6) is 0.771. The van der Waals surface area contributed by atoms with Crippen molar-refractivity contribution >= 4 is 28.4 Å². The number of anilines is 1. The van der Waals surface area contributed by atoms with Crippen molar-refractivity contribution in [1.82, 2.24) is 9.38 Å². The summed E-state index contributed by atoms with van der Waals surface area (Å²) in [6.45, 7) is 6.18. The molecule has 0 aliphatic rings. The molecule has 0 radical (unpaired) electrons. The Balaban J connectivity index is 1.89. The first kappa shape index (κ1) is 19.2. The highest BCUT2D eigenvalue weighted by Gasteiger charge is 2.18. The molecule has 4 nitrogen and oxygen atoms in total. The smallest absolute Gasteiger partial charge is 0.169 e. The van der Waals surface area contributed by atoms with E-state index in [2.05, 4.69) is 22.8 Å². The molecule has 2 heterocycles. The Kier molecular flexibility index (Phi) is 5.96. The molecule has 3 aromatic rings. The summed E-state index contributed by atoms with van der Waals surface area (Å²) in [5.41, 5.74) is 3.65. The van der Waals surface area contributed by atoms with Gasteiger partial charge in [0.15, 0.2) is 5.17 Å². The molecule has 6 heteroatoms. The van der Waals surface area contributed by atoms with E-state index in [4.69, 9.17) is 9.98 Å². The zero-order chi connectivity index (χ0) is 19.4. The van der Waals surface area contributed by atoms with Gasteiger partial charge in [-0.25, -0.2) is 14.4 Å². The molecule has 0 spiro atoms. The number of amidine groups is 1. The van der Waals surface area contributed by atoms with Gasteiger partial charge in [0.25, 0.3) is 0 Å². The summed E-state index contributed by atoms with van der Waals surface area (Å²) in [6, 6.07) is 12.4. The van der Waals surface area contributed by atoms with Gasteiger partial charge in [0.1, 0.15) is 17.3 Å². The van der Waals surface area contributed by atoms with E-state index in [1.165, 1.54) is 12.1 Å². The van der Waals surface area contributed by atoms with Gasteiger partial charge < -0.3 is 4.90 Å². The van der Waals surface area contributed by atoms with E-state index in [1.54, 1.807) is 23.9 Å². The third-order valence-corrected chi connectivity index (χ3v) is 5.00. The van der Waals surface area contributed by atoms with Crippen molar-refractivity contribution in [3.05, 3.63) is 78.0 Å². The van der Waals surface area contributed by atoms with Crippen LogP contribution in [0.1, 0.15) is 18.2 Å². The van der Waals surface area contributed by atoms with Gasteiger partial charge in [0.05, 0.1) is 5.69 Å². The minimum absolute atomic E-state index is 0.239. The predicted octanol–water partition coefficient (Wildman–Crippen LogP) is 4.95. The topological polar surface area (TPSA) is 32.9 Å². The lowest BCUT2D eigenvalue weighted by Crippen LogP contribution is -2.26. The van der Waals surface area contributed by atoms with Crippen molar-refractivity contribution < 1.29 is 4.39 Å². The van der Waals surface area contributed by atoms with E-state index >= 15 is 0 Å². The van der Waals surface area contributed by atoms with E-state index in [-0.39, 0.29) is 5.82 Å². The minimum atomic E-state index is -0.239. The second kappa shape index (κ2) is 8.39. The molecule has 140 valence electrons. The van der Waals surface area contributed by atoms with Gasteiger partial charge in [-0.3, -0.25) is 4.40 Å². The average molecular weight is 383 g/mol. The summed E-state index contributed by atoms with van der Waals surface area (Å²) in [5, 5.41) is 0.836. The second-order valence-corrected chi connectivity index (χ2v) is 6.96. The molecule has 0 N–H and O–H groups in total. The summed E-state index contributed by atoms with van der Waals surface area (Å²) in [6.07, 6.45) is 5.42. The largest absolute Gasteiger partial charge is 0.308 e. The highest BCUT2D eigenvalue weighted by molar-refractivity contribution is 8.13. The number of hydrogen-bond donors (Lipinski definition) is 0. The van der Waals surface area contributed by atoms with Crippen molar-refractivity contribution in [2.24, 2.45) is 4.99 Å². The van der Waals surface area contributed by atoms with Crippen LogP contribution < -0.4 is 4.90 Å². The number of aliphatic imine (C=N–C) groups is 1. The highest BCUT2D eigenvalue weighted by atomic mass is 32.2. The average Bonchev–Trinajstić information content (AvgIpc) is 3.06. The monoisotopic (exact) mass is 382 g/mol. The van der Waals surface area contributed by atoms with Crippen molar-refractivity contribution in [2.75, 3.05) is 18.2 Å². The molecule has 2 aromatic heterocycles. The standard InChI is InChI=1S/C21H23FN4S/c1-5-18-20(26-13-7-6-8-19(26)24-18)25(3)21(27-4)23-15(2)14-16-9-11-17(22)12-10-16/h6-13H,2,5,14H2,1,3-4H3. The van der Waals surface area contributed by atoms with Gasteiger partial charge in [0.2, 0.25) is 0 Å². The van der Waals surface area contributed by atoms with Crippen LogP contribution in [-0.4, -0.2) is 27.9 Å². The lowest BCUT2D eigenvalue weighted by atomic mass is 10.1. The molecule has 3 rings (SSSR count). The maximum Gasteiger partial charge on any atom is 0.169 e. The molecule has 0 saturated heterocycles.